The summed E-state index contributed by atoms with van der Waals surface area (Å²) in [7, 11) is 0. The van der Waals surface area contributed by atoms with E-state index in [1.54, 1.807) is 12.1 Å². The molecule has 106 valence electrons. The minimum Gasteiger partial charge on any atom is -0.388 e. The molecule has 2 aromatic carbocycles. The largest absolute Gasteiger partial charge is 0.388 e. The van der Waals surface area contributed by atoms with Crippen molar-refractivity contribution in [1.82, 2.24) is 0 Å². The Morgan fingerprint density at radius 1 is 1.00 bits per heavy atom. The summed E-state index contributed by atoms with van der Waals surface area (Å²) in [6.07, 6.45) is -0.691. The summed E-state index contributed by atoms with van der Waals surface area (Å²) in [6.45, 7) is 4.30. The molecule has 2 unspecified atom stereocenters. The van der Waals surface area contributed by atoms with Gasteiger partial charge >= 0.3 is 0 Å². The van der Waals surface area contributed by atoms with Gasteiger partial charge in [-0.05, 0) is 37.1 Å². The van der Waals surface area contributed by atoms with E-state index in [1.807, 2.05) is 26.0 Å². The van der Waals surface area contributed by atoms with Crippen LogP contribution < -0.4 is 5.73 Å². The fourth-order valence-corrected chi connectivity index (χ4v) is 2.57. The molecule has 3 heteroatoms. The Kier molecular flexibility index (Phi) is 4.53. The standard InChI is InChI=1S/C17H20FNO/c1-11-7-12(2)9-14(8-11)17(20)16(10-19)13-3-5-15(18)6-4-13/h3-9,16-17,20H,10,19H2,1-2H3. The highest BCUT2D eigenvalue weighted by Gasteiger charge is 2.21. The van der Waals surface area contributed by atoms with Crippen molar-refractivity contribution >= 4 is 0 Å². The lowest BCUT2D eigenvalue weighted by atomic mass is 9.88. The van der Waals surface area contributed by atoms with E-state index in [-0.39, 0.29) is 11.7 Å². The van der Waals surface area contributed by atoms with Gasteiger partial charge in [0.25, 0.3) is 0 Å². The smallest absolute Gasteiger partial charge is 0.123 e. The first kappa shape index (κ1) is 14.7. The predicted molar refractivity (Wildman–Crippen MR) is 79.1 cm³/mol. The average molecular weight is 273 g/mol. The molecule has 20 heavy (non-hydrogen) atoms. The second-order valence-electron chi connectivity index (χ2n) is 5.26. The van der Waals surface area contributed by atoms with Gasteiger partial charge in [0.1, 0.15) is 5.82 Å². The molecule has 0 aliphatic carbocycles. The molecule has 2 rings (SSSR count). The first-order chi connectivity index (χ1) is 9.51. The summed E-state index contributed by atoms with van der Waals surface area (Å²) in [5, 5.41) is 10.6. The van der Waals surface area contributed by atoms with Gasteiger partial charge in [0.15, 0.2) is 0 Å². The van der Waals surface area contributed by atoms with Crippen molar-refractivity contribution in [1.29, 1.82) is 0 Å². The Morgan fingerprint density at radius 3 is 2.05 bits per heavy atom. The van der Waals surface area contributed by atoms with Crippen molar-refractivity contribution in [3.63, 3.8) is 0 Å². The molecule has 0 aromatic heterocycles. The second-order valence-corrected chi connectivity index (χ2v) is 5.26. The van der Waals surface area contributed by atoms with E-state index < -0.39 is 6.10 Å². The van der Waals surface area contributed by atoms with Gasteiger partial charge in [0.05, 0.1) is 6.10 Å². The summed E-state index contributed by atoms with van der Waals surface area (Å²) in [4.78, 5) is 0. The van der Waals surface area contributed by atoms with Crippen LogP contribution in [0, 0.1) is 19.7 Å². The highest BCUT2D eigenvalue weighted by Crippen LogP contribution is 2.31. The molecule has 0 saturated carbocycles. The lowest BCUT2D eigenvalue weighted by Crippen LogP contribution is -2.20. The highest BCUT2D eigenvalue weighted by atomic mass is 19.1. The Morgan fingerprint density at radius 2 is 1.55 bits per heavy atom. The van der Waals surface area contributed by atoms with Crippen LogP contribution in [-0.4, -0.2) is 11.7 Å². The van der Waals surface area contributed by atoms with Crippen LogP contribution in [0.15, 0.2) is 42.5 Å². The molecule has 0 amide bonds. The number of rotatable bonds is 4. The zero-order valence-electron chi connectivity index (χ0n) is 11.8. The Labute approximate surface area is 119 Å². The van der Waals surface area contributed by atoms with Gasteiger partial charge in [-0.2, -0.15) is 0 Å². The maximum absolute atomic E-state index is 13.0. The fraction of sp³-hybridized carbons (Fsp3) is 0.294. The quantitative estimate of drug-likeness (QED) is 0.898. The molecule has 2 aromatic rings. The van der Waals surface area contributed by atoms with Gasteiger partial charge < -0.3 is 10.8 Å². The Bertz CT molecular complexity index is 560. The highest BCUT2D eigenvalue weighted by molar-refractivity contribution is 5.33. The van der Waals surface area contributed by atoms with Gasteiger partial charge in [-0.15, -0.1) is 0 Å². The number of aliphatic hydroxyl groups excluding tert-OH is 1. The van der Waals surface area contributed by atoms with Crippen LogP contribution >= 0.6 is 0 Å². The van der Waals surface area contributed by atoms with Crippen molar-refractivity contribution < 1.29 is 9.50 Å². The van der Waals surface area contributed by atoms with Crippen molar-refractivity contribution in [3.8, 4) is 0 Å². The Hall–Kier alpha value is -1.71. The minimum atomic E-state index is -0.691. The van der Waals surface area contributed by atoms with E-state index in [0.29, 0.717) is 6.54 Å². The summed E-state index contributed by atoms with van der Waals surface area (Å²) >= 11 is 0. The van der Waals surface area contributed by atoms with Crippen molar-refractivity contribution in [2.24, 2.45) is 5.73 Å². The van der Waals surface area contributed by atoms with Crippen LogP contribution in [0.4, 0.5) is 4.39 Å². The Balaban J connectivity index is 2.33. The van der Waals surface area contributed by atoms with Crippen molar-refractivity contribution in [2.75, 3.05) is 6.54 Å². The average Bonchev–Trinajstić information content (AvgIpc) is 2.40. The summed E-state index contributed by atoms with van der Waals surface area (Å²) in [5.74, 6) is -0.526. The van der Waals surface area contributed by atoms with Crippen LogP contribution in [-0.2, 0) is 0 Å². The van der Waals surface area contributed by atoms with Crippen LogP contribution in [0.1, 0.15) is 34.3 Å². The molecule has 3 N–H and O–H groups in total. The number of hydrogen-bond acceptors (Lipinski definition) is 2. The molecule has 2 atom stereocenters. The number of halogens is 1. The topological polar surface area (TPSA) is 46.2 Å². The van der Waals surface area contributed by atoms with Crippen molar-refractivity contribution in [3.05, 3.63) is 70.5 Å². The zero-order chi connectivity index (χ0) is 14.7. The first-order valence-electron chi connectivity index (χ1n) is 6.73. The van der Waals surface area contributed by atoms with Crippen LogP contribution in [0.5, 0.6) is 0 Å². The van der Waals surface area contributed by atoms with Crippen LogP contribution in [0.3, 0.4) is 0 Å². The molecule has 2 nitrogen and oxygen atoms in total. The molecule has 0 radical (unpaired) electrons. The minimum absolute atomic E-state index is 0.239. The third-order valence-corrected chi connectivity index (χ3v) is 3.52. The molecule has 0 heterocycles. The maximum atomic E-state index is 13.0. The van der Waals surface area contributed by atoms with E-state index in [9.17, 15) is 9.50 Å². The van der Waals surface area contributed by atoms with Crippen LogP contribution in [0.2, 0.25) is 0 Å². The fourth-order valence-electron chi connectivity index (χ4n) is 2.57. The van der Waals surface area contributed by atoms with Gasteiger partial charge in [-0.1, -0.05) is 41.5 Å². The number of nitrogens with two attached hydrogens (primary N) is 1. The molecular formula is C17H20FNO. The van der Waals surface area contributed by atoms with Gasteiger partial charge in [-0.3, -0.25) is 0 Å². The lowest BCUT2D eigenvalue weighted by Gasteiger charge is -2.23. The second kappa shape index (κ2) is 6.16. The van der Waals surface area contributed by atoms with E-state index in [2.05, 4.69) is 6.07 Å². The van der Waals surface area contributed by atoms with Gasteiger partial charge in [-0.25, -0.2) is 4.39 Å². The molecular weight excluding hydrogens is 253 g/mol. The number of benzene rings is 2. The lowest BCUT2D eigenvalue weighted by molar-refractivity contribution is 0.147. The van der Waals surface area contributed by atoms with E-state index in [4.69, 9.17) is 5.73 Å². The summed E-state index contributed by atoms with van der Waals surface area (Å²) in [6, 6.07) is 12.1. The van der Waals surface area contributed by atoms with E-state index in [0.717, 1.165) is 22.3 Å². The van der Waals surface area contributed by atoms with Gasteiger partial charge in [0, 0.05) is 12.5 Å². The number of aryl methyl sites for hydroxylation is 2. The van der Waals surface area contributed by atoms with Crippen LogP contribution in [0.25, 0.3) is 0 Å². The molecule has 0 aliphatic rings. The van der Waals surface area contributed by atoms with Crippen molar-refractivity contribution in [2.45, 2.75) is 25.9 Å². The normalized spacial score (nSPS) is 14.1. The number of hydrogen-bond donors (Lipinski definition) is 2. The summed E-state index contributed by atoms with van der Waals surface area (Å²) < 4.78 is 13.0. The van der Waals surface area contributed by atoms with E-state index in [1.165, 1.54) is 12.1 Å². The SMILES string of the molecule is Cc1cc(C)cc(C(O)C(CN)c2ccc(F)cc2)c1. The van der Waals surface area contributed by atoms with E-state index >= 15 is 0 Å². The maximum Gasteiger partial charge on any atom is 0.123 e. The predicted octanol–water partition coefficient (Wildman–Crippen LogP) is 3.22. The molecule has 0 aliphatic heterocycles. The summed E-state index contributed by atoms with van der Waals surface area (Å²) in [5.41, 5.74) is 9.71. The van der Waals surface area contributed by atoms with Gasteiger partial charge in [0.2, 0.25) is 0 Å². The first-order valence-corrected chi connectivity index (χ1v) is 6.73. The monoisotopic (exact) mass is 273 g/mol. The molecule has 0 fully saturated rings. The third kappa shape index (κ3) is 3.24. The third-order valence-electron chi connectivity index (χ3n) is 3.52. The zero-order valence-corrected chi connectivity index (χ0v) is 11.8. The molecule has 0 spiro atoms. The number of aliphatic hydroxyl groups is 1. The molecule has 0 saturated heterocycles. The molecule has 0 bridgehead atoms.